The number of hydrogen-bond donors (Lipinski definition) is 3. The number of carbonyl (C=O) groups is 1. The second-order valence-electron chi connectivity index (χ2n) is 8.55. The van der Waals surface area contributed by atoms with Crippen LogP contribution in [0.2, 0.25) is 0 Å². The molecule has 2 saturated carbocycles. The second-order valence-corrected chi connectivity index (χ2v) is 8.55. The number of unbranched alkanes of at least 4 members (excludes halogenated alkanes) is 2. The number of aliphatic carboxylic acids is 1. The van der Waals surface area contributed by atoms with Crippen molar-refractivity contribution in [1.82, 2.24) is 0 Å². The minimum atomic E-state index is -0.924. The van der Waals surface area contributed by atoms with E-state index in [0.29, 0.717) is 24.4 Å². The lowest BCUT2D eigenvalue weighted by Crippen LogP contribution is -2.23. The molecule has 0 bridgehead atoms. The highest BCUT2D eigenvalue weighted by molar-refractivity contribution is 5.67. The van der Waals surface area contributed by atoms with Crippen LogP contribution in [0.4, 0.5) is 0 Å². The van der Waals surface area contributed by atoms with E-state index < -0.39 is 11.6 Å². The number of aliphatic hydroxyl groups excluding tert-OH is 1. The van der Waals surface area contributed by atoms with Gasteiger partial charge in [-0.05, 0) is 56.8 Å². The molecule has 6 atom stereocenters. The Kier molecular flexibility index (Phi) is 8.11. The van der Waals surface area contributed by atoms with E-state index in [0.717, 1.165) is 51.4 Å². The van der Waals surface area contributed by atoms with E-state index in [1.54, 1.807) is 0 Å². The first-order valence-corrected chi connectivity index (χ1v) is 10.2. The van der Waals surface area contributed by atoms with E-state index in [4.69, 9.17) is 9.84 Å². The third-order valence-electron chi connectivity index (χ3n) is 6.19. The number of rotatable bonds is 11. The molecule has 0 radical (unpaired) electrons. The fraction of sp³-hybridized carbons (Fsp3) is 0.857. The lowest BCUT2D eigenvalue weighted by molar-refractivity contribution is -0.142. The third kappa shape index (κ3) is 6.36. The number of hydrogen-bond acceptors (Lipinski definition) is 4. The number of fused-ring (bicyclic) bond motifs is 1. The maximum absolute atomic E-state index is 10.5. The molecule has 5 heteroatoms. The molecule has 26 heavy (non-hydrogen) atoms. The van der Waals surface area contributed by atoms with E-state index >= 15 is 0 Å². The summed E-state index contributed by atoms with van der Waals surface area (Å²) in [5.74, 6) is 0.758. The zero-order chi connectivity index (χ0) is 19.2. The van der Waals surface area contributed by atoms with Gasteiger partial charge in [0, 0.05) is 12.5 Å². The van der Waals surface area contributed by atoms with Crippen LogP contribution in [0.1, 0.15) is 65.2 Å². The number of aliphatic hydroxyl groups is 2. The fourth-order valence-electron chi connectivity index (χ4n) is 4.82. The van der Waals surface area contributed by atoms with Crippen LogP contribution in [0.15, 0.2) is 12.2 Å². The Morgan fingerprint density at radius 1 is 1.27 bits per heavy atom. The molecule has 5 nitrogen and oxygen atoms in total. The van der Waals surface area contributed by atoms with Gasteiger partial charge in [0.2, 0.25) is 0 Å². The van der Waals surface area contributed by atoms with Crippen LogP contribution in [0, 0.1) is 23.7 Å². The quantitative estimate of drug-likeness (QED) is 0.384. The maximum atomic E-state index is 10.5. The minimum absolute atomic E-state index is 0.127. The van der Waals surface area contributed by atoms with Crippen LogP contribution in [0.25, 0.3) is 0 Å². The molecule has 0 aromatic heterocycles. The third-order valence-corrected chi connectivity index (χ3v) is 6.19. The Morgan fingerprint density at radius 3 is 2.73 bits per heavy atom. The van der Waals surface area contributed by atoms with Crippen molar-refractivity contribution in [1.29, 1.82) is 0 Å². The fourth-order valence-corrected chi connectivity index (χ4v) is 4.82. The van der Waals surface area contributed by atoms with Crippen molar-refractivity contribution in [3.8, 4) is 0 Å². The standard InChI is InChI=1S/C21H36O5/c1-3-4-5-8-21(2,25)9-6-17-18-12-15(7-10-26-14-20(23)24)11-16(18)13-19(17)22/h6,9,15-19,22,25H,3-5,7-8,10-14H2,1-2H3,(H,23,24)/t15?,16-,17-,18+,19-,21?/m0/s1. The Balaban J connectivity index is 1.82. The average molecular weight is 369 g/mol. The Morgan fingerprint density at radius 2 is 2.04 bits per heavy atom. The van der Waals surface area contributed by atoms with Gasteiger partial charge in [-0.25, -0.2) is 4.79 Å². The van der Waals surface area contributed by atoms with E-state index in [1.807, 2.05) is 13.0 Å². The Hall–Kier alpha value is -0.910. The summed E-state index contributed by atoms with van der Waals surface area (Å²) in [6.45, 7) is 4.28. The summed E-state index contributed by atoms with van der Waals surface area (Å²) in [4.78, 5) is 10.5. The zero-order valence-corrected chi connectivity index (χ0v) is 16.3. The molecule has 0 aliphatic heterocycles. The topological polar surface area (TPSA) is 87.0 Å². The van der Waals surface area contributed by atoms with Gasteiger partial charge in [0.1, 0.15) is 6.61 Å². The predicted octanol–water partition coefficient (Wildman–Crippen LogP) is 3.39. The van der Waals surface area contributed by atoms with E-state index in [1.165, 1.54) is 0 Å². The largest absolute Gasteiger partial charge is 0.480 e. The highest BCUT2D eigenvalue weighted by Crippen LogP contribution is 2.51. The highest BCUT2D eigenvalue weighted by atomic mass is 16.5. The minimum Gasteiger partial charge on any atom is -0.480 e. The molecule has 0 saturated heterocycles. The van der Waals surface area contributed by atoms with Gasteiger partial charge in [0.05, 0.1) is 11.7 Å². The molecule has 2 aliphatic rings. The summed E-state index contributed by atoms with van der Waals surface area (Å²) < 4.78 is 5.17. The van der Waals surface area contributed by atoms with Gasteiger partial charge in [-0.1, -0.05) is 38.3 Å². The van der Waals surface area contributed by atoms with Crippen LogP contribution in [-0.4, -0.2) is 46.2 Å². The van der Waals surface area contributed by atoms with Crippen molar-refractivity contribution in [2.24, 2.45) is 23.7 Å². The molecule has 0 aromatic rings. The number of carboxylic acids is 1. The molecule has 0 spiro atoms. The van der Waals surface area contributed by atoms with Gasteiger partial charge < -0.3 is 20.1 Å². The summed E-state index contributed by atoms with van der Waals surface area (Å²) in [6, 6.07) is 0. The molecular weight excluding hydrogens is 332 g/mol. The monoisotopic (exact) mass is 368 g/mol. The molecule has 2 aliphatic carbocycles. The molecular formula is C21H36O5. The van der Waals surface area contributed by atoms with Gasteiger partial charge in [-0.3, -0.25) is 0 Å². The molecule has 2 rings (SSSR count). The van der Waals surface area contributed by atoms with Crippen molar-refractivity contribution >= 4 is 5.97 Å². The van der Waals surface area contributed by atoms with E-state index in [-0.39, 0.29) is 18.6 Å². The smallest absolute Gasteiger partial charge is 0.329 e. The van der Waals surface area contributed by atoms with E-state index in [9.17, 15) is 15.0 Å². The average Bonchev–Trinajstić information content (AvgIpc) is 3.06. The van der Waals surface area contributed by atoms with Crippen molar-refractivity contribution < 1.29 is 24.9 Å². The molecule has 0 aromatic carbocycles. The summed E-state index contributed by atoms with van der Waals surface area (Å²) in [5.41, 5.74) is -0.796. The van der Waals surface area contributed by atoms with Crippen molar-refractivity contribution in [2.75, 3.05) is 13.2 Å². The van der Waals surface area contributed by atoms with Gasteiger partial charge in [-0.15, -0.1) is 0 Å². The normalized spacial score (nSPS) is 33.5. The van der Waals surface area contributed by atoms with Crippen LogP contribution in [0.3, 0.4) is 0 Å². The molecule has 2 fully saturated rings. The first kappa shape index (κ1) is 21.4. The van der Waals surface area contributed by atoms with Gasteiger partial charge >= 0.3 is 5.97 Å². The van der Waals surface area contributed by atoms with Gasteiger partial charge in [-0.2, -0.15) is 0 Å². The predicted molar refractivity (Wildman–Crippen MR) is 101 cm³/mol. The van der Waals surface area contributed by atoms with Gasteiger partial charge in [0.15, 0.2) is 0 Å². The van der Waals surface area contributed by atoms with Crippen molar-refractivity contribution in [2.45, 2.75) is 76.9 Å². The zero-order valence-electron chi connectivity index (χ0n) is 16.3. The van der Waals surface area contributed by atoms with Crippen LogP contribution in [0.5, 0.6) is 0 Å². The second kappa shape index (κ2) is 9.86. The van der Waals surface area contributed by atoms with E-state index in [2.05, 4.69) is 13.0 Å². The van der Waals surface area contributed by atoms with Crippen LogP contribution < -0.4 is 0 Å². The Bertz CT molecular complexity index is 473. The molecule has 0 heterocycles. The lowest BCUT2D eigenvalue weighted by atomic mass is 9.87. The number of ether oxygens (including phenoxy) is 1. The first-order valence-electron chi connectivity index (χ1n) is 10.2. The number of carboxylic acid groups (broad SMARTS) is 1. The summed E-state index contributed by atoms with van der Waals surface area (Å²) in [6.07, 6.45) is 11.6. The maximum Gasteiger partial charge on any atom is 0.329 e. The molecule has 3 N–H and O–H groups in total. The summed E-state index contributed by atoms with van der Waals surface area (Å²) in [5, 5.41) is 29.6. The van der Waals surface area contributed by atoms with Crippen molar-refractivity contribution in [3.63, 3.8) is 0 Å². The van der Waals surface area contributed by atoms with Gasteiger partial charge in [0.25, 0.3) is 0 Å². The SMILES string of the molecule is CCCCCC(C)(O)C=C[C@H]1[C@@H]2CC(CCOCC(=O)O)C[C@H]2C[C@@H]1O. The Labute approximate surface area is 157 Å². The van der Waals surface area contributed by atoms with Crippen LogP contribution in [-0.2, 0) is 9.53 Å². The highest BCUT2D eigenvalue weighted by Gasteiger charge is 2.46. The molecule has 0 amide bonds. The lowest BCUT2D eigenvalue weighted by Gasteiger charge is -2.23. The first-order chi connectivity index (χ1) is 12.3. The summed E-state index contributed by atoms with van der Waals surface area (Å²) in [7, 11) is 0. The van der Waals surface area contributed by atoms with Crippen LogP contribution >= 0.6 is 0 Å². The van der Waals surface area contributed by atoms with Crippen molar-refractivity contribution in [3.05, 3.63) is 12.2 Å². The summed E-state index contributed by atoms with van der Waals surface area (Å²) >= 11 is 0. The molecule has 150 valence electrons. The molecule has 2 unspecified atom stereocenters.